The third-order valence-electron chi connectivity index (χ3n) is 5.68. The van der Waals surface area contributed by atoms with Gasteiger partial charge in [-0.05, 0) is 87.8 Å². The number of amides is 1. The molecule has 0 bridgehead atoms. The Morgan fingerprint density at radius 1 is 1.18 bits per heavy atom. The molecule has 6 nitrogen and oxygen atoms in total. The van der Waals surface area contributed by atoms with Crippen LogP contribution in [-0.2, 0) is 11.2 Å². The SMILES string of the molecule is COc1cc(-c2nc3ccc(OC4CCNCC4)cc3cc2CC(=O)NC(C)C)ccc1F. The van der Waals surface area contributed by atoms with Crippen LogP contribution in [0.3, 0.4) is 0 Å². The average molecular weight is 452 g/mol. The molecule has 1 saturated heterocycles. The van der Waals surface area contributed by atoms with Gasteiger partial charge >= 0.3 is 0 Å². The molecule has 1 aliphatic heterocycles. The van der Waals surface area contributed by atoms with Crippen LogP contribution in [0.5, 0.6) is 11.5 Å². The highest BCUT2D eigenvalue weighted by molar-refractivity contribution is 5.88. The first-order valence-electron chi connectivity index (χ1n) is 11.4. The minimum absolute atomic E-state index is 0.0327. The molecule has 7 heteroatoms. The second-order valence-electron chi connectivity index (χ2n) is 8.67. The zero-order chi connectivity index (χ0) is 23.4. The van der Waals surface area contributed by atoms with E-state index in [-0.39, 0.29) is 30.2 Å². The molecule has 2 N–H and O–H groups in total. The van der Waals surface area contributed by atoms with E-state index in [0.717, 1.165) is 48.1 Å². The first-order valence-corrected chi connectivity index (χ1v) is 11.4. The summed E-state index contributed by atoms with van der Waals surface area (Å²) < 4.78 is 25.3. The lowest BCUT2D eigenvalue weighted by atomic mass is 10.00. The van der Waals surface area contributed by atoms with Crippen molar-refractivity contribution in [3.63, 3.8) is 0 Å². The number of nitrogens with one attached hydrogen (secondary N) is 2. The van der Waals surface area contributed by atoms with Crippen molar-refractivity contribution in [3.05, 3.63) is 53.8 Å². The smallest absolute Gasteiger partial charge is 0.224 e. The van der Waals surface area contributed by atoms with E-state index in [0.29, 0.717) is 11.3 Å². The van der Waals surface area contributed by atoms with Gasteiger partial charge in [0.05, 0.1) is 24.7 Å². The summed E-state index contributed by atoms with van der Waals surface area (Å²) in [6.45, 7) is 5.76. The van der Waals surface area contributed by atoms with Gasteiger partial charge in [-0.1, -0.05) is 0 Å². The second kappa shape index (κ2) is 10.2. The number of fused-ring (bicyclic) bond motifs is 1. The Labute approximate surface area is 193 Å². The minimum atomic E-state index is -0.444. The zero-order valence-electron chi connectivity index (χ0n) is 19.3. The van der Waals surface area contributed by atoms with Gasteiger partial charge in [0.1, 0.15) is 11.9 Å². The maximum Gasteiger partial charge on any atom is 0.224 e. The molecule has 0 radical (unpaired) electrons. The fourth-order valence-electron chi connectivity index (χ4n) is 4.12. The normalized spacial score (nSPS) is 14.5. The summed E-state index contributed by atoms with van der Waals surface area (Å²) in [6, 6.07) is 12.5. The lowest BCUT2D eigenvalue weighted by Gasteiger charge is -2.24. The van der Waals surface area contributed by atoms with E-state index in [1.807, 2.05) is 38.1 Å². The number of hydrogen-bond donors (Lipinski definition) is 2. The second-order valence-corrected chi connectivity index (χ2v) is 8.67. The van der Waals surface area contributed by atoms with Gasteiger partial charge in [0, 0.05) is 17.0 Å². The van der Waals surface area contributed by atoms with Crippen LogP contribution >= 0.6 is 0 Å². The third kappa shape index (κ3) is 5.60. The number of piperidine rings is 1. The van der Waals surface area contributed by atoms with Gasteiger partial charge in [0.15, 0.2) is 11.6 Å². The van der Waals surface area contributed by atoms with Crippen LogP contribution in [0.25, 0.3) is 22.2 Å². The van der Waals surface area contributed by atoms with Crippen molar-refractivity contribution in [2.24, 2.45) is 0 Å². The third-order valence-corrected chi connectivity index (χ3v) is 5.68. The summed E-state index contributed by atoms with van der Waals surface area (Å²) in [5.74, 6) is 0.395. The van der Waals surface area contributed by atoms with Gasteiger partial charge in [-0.15, -0.1) is 0 Å². The van der Waals surface area contributed by atoms with Crippen molar-refractivity contribution in [2.45, 2.75) is 45.3 Å². The number of aromatic nitrogens is 1. The predicted octanol–water partition coefficient (Wildman–Crippen LogP) is 4.25. The molecular weight excluding hydrogens is 421 g/mol. The van der Waals surface area contributed by atoms with Crippen LogP contribution in [-0.4, -0.2) is 43.2 Å². The van der Waals surface area contributed by atoms with Crippen LogP contribution in [0.2, 0.25) is 0 Å². The summed E-state index contributed by atoms with van der Waals surface area (Å²) >= 11 is 0. The fourth-order valence-corrected chi connectivity index (χ4v) is 4.12. The van der Waals surface area contributed by atoms with E-state index in [1.54, 1.807) is 12.1 Å². The molecule has 2 aromatic carbocycles. The number of rotatable bonds is 7. The molecule has 174 valence electrons. The number of carbonyl (C=O) groups excluding carboxylic acids is 1. The molecule has 0 spiro atoms. The van der Waals surface area contributed by atoms with E-state index < -0.39 is 5.82 Å². The summed E-state index contributed by atoms with van der Waals surface area (Å²) in [4.78, 5) is 17.4. The number of benzene rings is 2. The Morgan fingerprint density at radius 3 is 2.70 bits per heavy atom. The number of halogens is 1. The fraction of sp³-hybridized carbons (Fsp3) is 0.385. The Bertz CT molecular complexity index is 1140. The van der Waals surface area contributed by atoms with Crippen molar-refractivity contribution >= 4 is 16.8 Å². The van der Waals surface area contributed by atoms with Crippen LogP contribution in [0.4, 0.5) is 4.39 Å². The average Bonchev–Trinajstić information content (AvgIpc) is 2.79. The van der Waals surface area contributed by atoms with Gasteiger partial charge in [-0.3, -0.25) is 4.79 Å². The lowest BCUT2D eigenvalue weighted by Crippen LogP contribution is -2.34. The number of pyridine rings is 1. The van der Waals surface area contributed by atoms with Gasteiger partial charge < -0.3 is 20.1 Å². The number of carbonyl (C=O) groups is 1. The molecule has 0 atom stereocenters. The summed E-state index contributed by atoms with van der Waals surface area (Å²) in [5, 5.41) is 7.17. The van der Waals surface area contributed by atoms with E-state index in [1.165, 1.54) is 13.2 Å². The molecule has 4 rings (SSSR count). The molecule has 2 heterocycles. The van der Waals surface area contributed by atoms with Gasteiger partial charge in [0.25, 0.3) is 0 Å². The largest absolute Gasteiger partial charge is 0.494 e. The molecule has 3 aromatic rings. The molecule has 1 aromatic heterocycles. The maximum atomic E-state index is 14.0. The maximum absolute atomic E-state index is 14.0. The molecule has 0 saturated carbocycles. The number of nitrogens with zero attached hydrogens (tertiary/aromatic N) is 1. The molecule has 0 aliphatic carbocycles. The van der Waals surface area contributed by atoms with E-state index in [2.05, 4.69) is 10.6 Å². The monoisotopic (exact) mass is 451 g/mol. The lowest BCUT2D eigenvalue weighted by molar-refractivity contribution is -0.120. The Kier molecular flexibility index (Phi) is 7.08. The van der Waals surface area contributed by atoms with Crippen molar-refractivity contribution in [3.8, 4) is 22.8 Å². The minimum Gasteiger partial charge on any atom is -0.494 e. The standard InChI is InChI=1S/C26H30FN3O3/c1-16(2)29-25(31)15-19-12-18-13-21(33-20-8-10-28-11-9-20)5-7-23(18)30-26(19)17-4-6-22(27)24(14-17)32-3/h4-7,12-14,16,20,28H,8-11,15H2,1-3H3,(H,29,31). The van der Waals surface area contributed by atoms with E-state index in [9.17, 15) is 9.18 Å². The van der Waals surface area contributed by atoms with E-state index in [4.69, 9.17) is 14.5 Å². The molecule has 1 amide bonds. The van der Waals surface area contributed by atoms with Crippen molar-refractivity contribution in [2.75, 3.05) is 20.2 Å². The molecular formula is C26H30FN3O3. The summed E-state index contributed by atoms with van der Waals surface area (Å²) in [5.41, 5.74) is 2.86. The molecule has 0 unspecified atom stereocenters. The molecule has 33 heavy (non-hydrogen) atoms. The number of methoxy groups -OCH3 is 1. The van der Waals surface area contributed by atoms with Crippen molar-refractivity contribution in [1.29, 1.82) is 0 Å². The van der Waals surface area contributed by atoms with E-state index >= 15 is 0 Å². The Hall–Kier alpha value is -3.19. The summed E-state index contributed by atoms with van der Waals surface area (Å²) in [6.07, 6.45) is 2.30. The van der Waals surface area contributed by atoms with Crippen LogP contribution in [0, 0.1) is 5.82 Å². The van der Waals surface area contributed by atoms with Crippen molar-refractivity contribution in [1.82, 2.24) is 15.6 Å². The highest BCUT2D eigenvalue weighted by Gasteiger charge is 2.17. The predicted molar refractivity (Wildman–Crippen MR) is 127 cm³/mol. The van der Waals surface area contributed by atoms with Gasteiger partial charge in [-0.25, -0.2) is 9.37 Å². The van der Waals surface area contributed by atoms with Gasteiger partial charge in [-0.2, -0.15) is 0 Å². The first-order chi connectivity index (χ1) is 15.9. The Morgan fingerprint density at radius 2 is 1.97 bits per heavy atom. The highest BCUT2D eigenvalue weighted by Crippen LogP contribution is 2.31. The van der Waals surface area contributed by atoms with Crippen LogP contribution in [0.15, 0.2) is 42.5 Å². The Balaban J connectivity index is 1.73. The number of ether oxygens (including phenoxy) is 2. The topological polar surface area (TPSA) is 72.5 Å². The highest BCUT2D eigenvalue weighted by atomic mass is 19.1. The summed E-state index contributed by atoms with van der Waals surface area (Å²) in [7, 11) is 1.43. The quantitative estimate of drug-likeness (QED) is 0.562. The van der Waals surface area contributed by atoms with Crippen molar-refractivity contribution < 1.29 is 18.7 Å². The van der Waals surface area contributed by atoms with Gasteiger partial charge in [0.2, 0.25) is 5.91 Å². The van der Waals surface area contributed by atoms with Crippen LogP contribution < -0.4 is 20.1 Å². The number of hydrogen-bond acceptors (Lipinski definition) is 5. The zero-order valence-corrected chi connectivity index (χ0v) is 19.3. The molecule has 1 fully saturated rings. The molecule has 1 aliphatic rings. The van der Waals surface area contributed by atoms with Crippen LogP contribution in [0.1, 0.15) is 32.3 Å². The first kappa shape index (κ1) is 23.0.